The molecule has 1 aromatic rings. The molecule has 11 heteroatoms. The average molecular weight is 424 g/mol. The quantitative estimate of drug-likeness (QED) is 0.214. The molecule has 0 heterocycles. The number of phenolic OH excluding ortho intramolecular Hbond substituents is 1. The summed E-state index contributed by atoms with van der Waals surface area (Å²) in [5.41, 5.74) is 6.54. The van der Waals surface area contributed by atoms with E-state index >= 15 is 0 Å². The van der Waals surface area contributed by atoms with Gasteiger partial charge in [-0.3, -0.25) is 19.2 Å². The third-order valence-electron chi connectivity index (χ3n) is 4.21. The fraction of sp³-hybridized carbons (Fsp3) is 0.474. The largest absolute Gasteiger partial charge is 0.508 e. The summed E-state index contributed by atoms with van der Waals surface area (Å²) in [6.07, 6.45) is 0.137. The Hall–Kier alpha value is -3.18. The molecule has 1 rings (SSSR count). The van der Waals surface area contributed by atoms with Gasteiger partial charge in [-0.05, 0) is 30.0 Å². The van der Waals surface area contributed by atoms with E-state index in [1.54, 1.807) is 26.0 Å². The average Bonchev–Trinajstić information content (AvgIpc) is 2.69. The summed E-state index contributed by atoms with van der Waals surface area (Å²) in [4.78, 5) is 47.4. The first kappa shape index (κ1) is 24.9. The molecule has 30 heavy (non-hydrogen) atoms. The van der Waals surface area contributed by atoms with Gasteiger partial charge in [-0.25, -0.2) is 0 Å². The monoisotopic (exact) mass is 424 g/mol. The van der Waals surface area contributed by atoms with E-state index < -0.39 is 55.0 Å². The van der Waals surface area contributed by atoms with Crippen LogP contribution < -0.4 is 21.7 Å². The number of aliphatic hydroxyl groups is 1. The molecule has 8 N–H and O–H groups in total. The number of phenols is 1. The van der Waals surface area contributed by atoms with E-state index in [9.17, 15) is 29.4 Å². The van der Waals surface area contributed by atoms with E-state index in [-0.39, 0.29) is 18.1 Å². The van der Waals surface area contributed by atoms with Crippen molar-refractivity contribution in [3.63, 3.8) is 0 Å². The molecule has 3 unspecified atom stereocenters. The van der Waals surface area contributed by atoms with Crippen molar-refractivity contribution >= 4 is 23.7 Å². The molecule has 11 nitrogen and oxygen atoms in total. The van der Waals surface area contributed by atoms with Gasteiger partial charge in [0.2, 0.25) is 17.7 Å². The Labute approximate surface area is 173 Å². The van der Waals surface area contributed by atoms with Crippen molar-refractivity contribution in [2.24, 2.45) is 11.7 Å². The number of rotatable bonds is 11. The molecule has 0 radical (unpaired) electrons. The first-order chi connectivity index (χ1) is 14.0. The van der Waals surface area contributed by atoms with Gasteiger partial charge in [-0.15, -0.1) is 0 Å². The molecule has 0 aliphatic heterocycles. The molecule has 0 aliphatic carbocycles. The highest BCUT2D eigenvalue weighted by Gasteiger charge is 2.29. The first-order valence-electron chi connectivity index (χ1n) is 9.29. The Morgan fingerprint density at radius 3 is 2.10 bits per heavy atom. The number of nitrogens with two attached hydrogens (primary N) is 1. The Morgan fingerprint density at radius 2 is 1.60 bits per heavy atom. The number of aromatic hydroxyl groups is 1. The summed E-state index contributed by atoms with van der Waals surface area (Å²) < 4.78 is 0. The number of carbonyl (C=O) groups excluding carboxylic acids is 3. The Bertz CT molecular complexity index is 752. The number of hydrogen-bond acceptors (Lipinski definition) is 7. The highest BCUT2D eigenvalue weighted by molar-refractivity contribution is 5.93. The minimum Gasteiger partial charge on any atom is -0.508 e. The van der Waals surface area contributed by atoms with Crippen molar-refractivity contribution in [2.75, 3.05) is 13.2 Å². The molecular weight excluding hydrogens is 396 g/mol. The maximum atomic E-state index is 12.4. The summed E-state index contributed by atoms with van der Waals surface area (Å²) in [5, 5.41) is 34.3. The molecule has 166 valence electrons. The van der Waals surface area contributed by atoms with Crippen molar-refractivity contribution in [3.05, 3.63) is 29.8 Å². The van der Waals surface area contributed by atoms with Gasteiger partial charge in [0.15, 0.2) is 0 Å². The number of benzene rings is 1. The van der Waals surface area contributed by atoms with Crippen LogP contribution in [0.3, 0.4) is 0 Å². The van der Waals surface area contributed by atoms with Crippen molar-refractivity contribution < 1.29 is 34.5 Å². The van der Waals surface area contributed by atoms with Gasteiger partial charge >= 0.3 is 5.97 Å². The smallest absolute Gasteiger partial charge is 0.322 e. The normalized spacial score (nSPS) is 13.8. The topological polar surface area (TPSA) is 191 Å². The molecular formula is C19H28N4O7. The van der Waals surface area contributed by atoms with E-state index in [4.69, 9.17) is 10.8 Å². The summed E-state index contributed by atoms with van der Waals surface area (Å²) in [7, 11) is 0. The lowest BCUT2D eigenvalue weighted by Gasteiger charge is -2.25. The van der Waals surface area contributed by atoms with Crippen molar-refractivity contribution in [3.8, 4) is 5.75 Å². The van der Waals surface area contributed by atoms with Crippen LogP contribution in [0, 0.1) is 5.92 Å². The van der Waals surface area contributed by atoms with Gasteiger partial charge in [0, 0.05) is 0 Å². The first-order valence-corrected chi connectivity index (χ1v) is 9.29. The van der Waals surface area contributed by atoms with Crippen LogP contribution in [0.15, 0.2) is 24.3 Å². The second-order valence-electron chi connectivity index (χ2n) is 7.06. The van der Waals surface area contributed by atoms with Crippen LogP contribution in [0.4, 0.5) is 0 Å². The predicted molar refractivity (Wildman–Crippen MR) is 106 cm³/mol. The van der Waals surface area contributed by atoms with Crippen LogP contribution in [-0.4, -0.2) is 70.3 Å². The van der Waals surface area contributed by atoms with Gasteiger partial charge in [0.05, 0.1) is 12.6 Å². The van der Waals surface area contributed by atoms with Crippen LogP contribution in [0.25, 0.3) is 0 Å². The fourth-order valence-corrected chi connectivity index (χ4v) is 2.51. The number of hydrogen-bond donors (Lipinski definition) is 7. The minimum atomic E-state index is -1.35. The van der Waals surface area contributed by atoms with Gasteiger partial charge in [0.1, 0.15) is 24.4 Å². The Balaban J connectivity index is 2.70. The highest BCUT2D eigenvalue weighted by atomic mass is 16.4. The number of aliphatic carboxylic acids is 1. The van der Waals surface area contributed by atoms with Gasteiger partial charge in [-0.2, -0.15) is 0 Å². The standard InChI is InChI=1S/C19H28N4O7/c1-10(2)16(19(30)21-8-15(26)27)23-18(29)14(9-24)22-17(28)13(20)7-11-3-5-12(25)6-4-11/h3-6,10,13-14,16,24-25H,7-9,20H2,1-2H3,(H,21,30)(H,22,28)(H,23,29)(H,26,27). The van der Waals surface area contributed by atoms with Crippen LogP contribution in [-0.2, 0) is 25.6 Å². The van der Waals surface area contributed by atoms with Crippen LogP contribution in [0.5, 0.6) is 5.75 Å². The van der Waals surface area contributed by atoms with Gasteiger partial charge in [0.25, 0.3) is 0 Å². The zero-order valence-corrected chi connectivity index (χ0v) is 16.8. The number of nitrogens with one attached hydrogen (secondary N) is 3. The highest BCUT2D eigenvalue weighted by Crippen LogP contribution is 2.11. The second kappa shape index (κ2) is 11.7. The van der Waals surface area contributed by atoms with Crippen molar-refractivity contribution in [1.82, 2.24) is 16.0 Å². The number of carbonyl (C=O) groups is 4. The third-order valence-corrected chi connectivity index (χ3v) is 4.21. The lowest BCUT2D eigenvalue weighted by atomic mass is 10.0. The molecule has 0 spiro atoms. The molecule has 0 aliphatic rings. The van der Waals surface area contributed by atoms with Crippen LogP contribution in [0.1, 0.15) is 19.4 Å². The van der Waals surface area contributed by atoms with E-state index in [1.165, 1.54) is 12.1 Å². The Morgan fingerprint density at radius 1 is 1.00 bits per heavy atom. The molecule has 3 amide bonds. The minimum absolute atomic E-state index is 0.0703. The second-order valence-corrected chi connectivity index (χ2v) is 7.06. The van der Waals surface area contributed by atoms with E-state index in [0.29, 0.717) is 5.56 Å². The predicted octanol–water partition coefficient (Wildman–Crippen LogP) is -1.92. The lowest BCUT2D eigenvalue weighted by molar-refractivity contribution is -0.139. The molecule has 0 saturated carbocycles. The maximum absolute atomic E-state index is 12.4. The van der Waals surface area contributed by atoms with Crippen LogP contribution in [0.2, 0.25) is 0 Å². The molecule has 0 bridgehead atoms. The number of aliphatic hydroxyl groups excluding tert-OH is 1. The van der Waals surface area contributed by atoms with E-state index in [0.717, 1.165) is 0 Å². The molecule has 1 aromatic carbocycles. The summed E-state index contributed by atoms with van der Waals surface area (Å²) in [5.74, 6) is -3.75. The van der Waals surface area contributed by atoms with Crippen LogP contribution >= 0.6 is 0 Å². The lowest BCUT2D eigenvalue weighted by Crippen LogP contribution is -2.58. The number of carboxylic acids is 1. The molecule has 0 saturated heterocycles. The Kier molecular flexibility index (Phi) is 9.72. The van der Waals surface area contributed by atoms with Gasteiger partial charge in [-0.1, -0.05) is 26.0 Å². The molecule has 3 atom stereocenters. The molecule has 0 fully saturated rings. The third kappa shape index (κ3) is 8.05. The zero-order chi connectivity index (χ0) is 22.8. The summed E-state index contributed by atoms with van der Waals surface area (Å²) >= 11 is 0. The number of amides is 3. The van der Waals surface area contributed by atoms with E-state index in [2.05, 4.69) is 16.0 Å². The summed E-state index contributed by atoms with van der Waals surface area (Å²) in [6, 6.07) is 2.67. The fourth-order valence-electron chi connectivity index (χ4n) is 2.51. The SMILES string of the molecule is CC(C)C(NC(=O)C(CO)NC(=O)C(N)Cc1ccc(O)cc1)C(=O)NCC(=O)O. The van der Waals surface area contributed by atoms with Crippen molar-refractivity contribution in [2.45, 2.75) is 38.4 Å². The zero-order valence-electron chi connectivity index (χ0n) is 16.8. The number of carboxylic acid groups (broad SMARTS) is 1. The summed E-state index contributed by atoms with van der Waals surface area (Å²) in [6.45, 7) is 1.95. The van der Waals surface area contributed by atoms with E-state index in [1.807, 2.05) is 0 Å². The van der Waals surface area contributed by atoms with Gasteiger partial charge < -0.3 is 37.0 Å². The molecule has 0 aromatic heterocycles. The maximum Gasteiger partial charge on any atom is 0.322 e. The van der Waals surface area contributed by atoms with Crippen molar-refractivity contribution in [1.29, 1.82) is 0 Å².